The molecule has 49 heavy (non-hydrogen) atoms. The maximum absolute atomic E-state index is 2.58. The lowest BCUT2D eigenvalue weighted by atomic mass is 9.60. The fraction of sp³-hybridized carbons (Fsp3) is 0.0638. The highest BCUT2D eigenvalue weighted by Crippen LogP contribution is 2.64. The van der Waals surface area contributed by atoms with Gasteiger partial charge in [-0.3, -0.25) is 0 Å². The molecule has 0 aromatic heterocycles. The SMILES string of the molecule is C1=CC23C=c4ccc5c(N(c6ccccc6)c6ccccc6)ccc6ccc(c4c65)C2N(c2ccc(C=Cc4ccccc4)cc2)C3=CC1. The molecule has 7 aromatic carbocycles. The summed E-state index contributed by atoms with van der Waals surface area (Å²) in [6.07, 6.45) is 15.1. The smallest absolute Gasteiger partial charge is 0.0776 e. The molecule has 0 amide bonds. The summed E-state index contributed by atoms with van der Waals surface area (Å²) < 4.78 is 0. The van der Waals surface area contributed by atoms with Crippen LogP contribution in [0.3, 0.4) is 0 Å². The number of benzene rings is 7. The Kier molecular flexibility index (Phi) is 6.25. The Balaban J connectivity index is 1.13. The lowest BCUT2D eigenvalue weighted by molar-refractivity contribution is 0.349. The maximum Gasteiger partial charge on any atom is 0.0776 e. The van der Waals surface area contributed by atoms with Gasteiger partial charge in [0.2, 0.25) is 0 Å². The lowest BCUT2D eigenvalue weighted by Gasteiger charge is -2.61. The van der Waals surface area contributed by atoms with Gasteiger partial charge in [0.15, 0.2) is 0 Å². The van der Waals surface area contributed by atoms with Gasteiger partial charge in [-0.25, -0.2) is 0 Å². The molecule has 2 aliphatic carbocycles. The second-order valence-corrected chi connectivity index (χ2v) is 13.3. The van der Waals surface area contributed by atoms with E-state index in [-0.39, 0.29) is 11.5 Å². The van der Waals surface area contributed by atoms with Crippen molar-refractivity contribution in [1.29, 1.82) is 0 Å². The Hall–Kier alpha value is -6.12. The molecular weight excluding hydrogens is 593 g/mol. The fourth-order valence-electron chi connectivity index (χ4n) is 8.49. The summed E-state index contributed by atoms with van der Waals surface area (Å²) in [5.41, 5.74) is 9.79. The van der Waals surface area contributed by atoms with Crippen LogP contribution in [-0.4, -0.2) is 0 Å². The van der Waals surface area contributed by atoms with Gasteiger partial charge in [0, 0.05) is 28.1 Å². The minimum Gasteiger partial charge on any atom is -0.335 e. The van der Waals surface area contributed by atoms with E-state index in [0.29, 0.717) is 0 Å². The van der Waals surface area contributed by atoms with Crippen molar-refractivity contribution in [2.75, 3.05) is 9.80 Å². The number of hydrogen-bond acceptors (Lipinski definition) is 2. The van der Waals surface area contributed by atoms with Crippen LogP contribution in [0.5, 0.6) is 0 Å². The number of nitrogens with zero attached hydrogens (tertiary/aromatic N) is 2. The van der Waals surface area contributed by atoms with Crippen molar-refractivity contribution in [3.63, 3.8) is 0 Å². The van der Waals surface area contributed by atoms with Crippen molar-refractivity contribution in [2.24, 2.45) is 5.41 Å². The van der Waals surface area contributed by atoms with Crippen molar-refractivity contribution in [1.82, 2.24) is 0 Å². The third-order valence-electron chi connectivity index (χ3n) is 10.6. The van der Waals surface area contributed by atoms with Gasteiger partial charge in [-0.2, -0.15) is 0 Å². The first-order chi connectivity index (χ1) is 24.3. The van der Waals surface area contributed by atoms with Gasteiger partial charge in [0.05, 0.1) is 17.1 Å². The topological polar surface area (TPSA) is 6.48 Å². The highest BCUT2D eigenvalue weighted by molar-refractivity contribution is 6.17. The van der Waals surface area contributed by atoms with Crippen molar-refractivity contribution < 1.29 is 0 Å². The van der Waals surface area contributed by atoms with Crippen LogP contribution < -0.4 is 15.0 Å². The minimum atomic E-state index is -0.139. The first-order valence-electron chi connectivity index (χ1n) is 17.2. The largest absolute Gasteiger partial charge is 0.335 e. The molecule has 1 spiro atoms. The lowest BCUT2D eigenvalue weighted by Crippen LogP contribution is -2.57. The number of anilines is 4. The predicted molar refractivity (Wildman–Crippen MR) is 207 cm³/mol. The third-order valence-corrected chi connectivity index (χ3v) is 10.6. The molecule has 2 atom stereocenters. The molecule has 1 saturated heterocycles. The van der Waals surface area contributed by atoms with Crippen LogP contribution in [0.25, 0.3) is 39.8 Å². The van der Waals surface area contributed by atoms with Crippen LogP contribution in [0.1, 0.15) is 29.2 Å². The third kappa shape index (κ3) is 4.27. The van der Waals surface area contributed by atoms with Crippen molar-refractivity contribution >= 4 is 62.5 Å². The Bertz CT molecular complexity index is 2470. The zero-order valence-electron chi connectivity index (χ0n) is 27.1. The second-order valence-electron chi connectivity index (χ2n) is 13.3. The second kappa shape index (κ2) is 11.0. The molecule has 1 aliphatic heterocycles. The van der Waals surface area contributed by atoms with E-state index in [1.54, 1.807) is 0 Å². The van der Waals surface area contributed by atoms with Crippen LogP contribution in [0.4, 0.5) is 22.7 Å². The molecule has 0 bridgehead atoms. The van der Waals surface area contributed by atoms with E-state index in [0.717, 1.165) is 17.8 Å². The van der Waals surface area contributed by atoms with E-state index in [2.05, 4.69) is 198 Å². The van der Waals surface area contributed by atoms with Crippen LogP contribution in [0.2, 0.25) is 0 Å². The number of para-hydroxylation sites is 2. The number of hydrogen-bond donors (Lipinski definition) is 0. The van der Waals surface area contributed by atoms with Crippen molar-refractivity contribution in [3.05, 3.63) is 197 Å². The highest BCUT2D eigenvalue weighted by atomic mass is 15.3. The summed E-state index contributed by atoms with van der Waals surface area (Å²) in [6.45, 7) is 0. The molecule has 0 N–H and O–H groups in total. The van der Waals surface area contributed by atoms with Gasteiger partial charge in [-0.15, -0.1) is 0 Å². The normalized spacial score (nSPS) is 18.9. The Morgan fingerprint density at radius 3 is 1.98 bits per heavy atom. The van der Waals surface area contributed by atoms with Crippen molar-refractivity contribution in [3.8, 4) is 0 Å². The molecule has 232 valence electrons. The quantitative estimate of drug-likeness (QED) is 0.134. The molecule has 2 nitrogen and oxygen atoms in total. The molecule has 2 heteroatoms. The van der Waals surface area contributed by atoms with Gasteiger partial charge in [0.25, 0.3) is 0 Å². The average molecular weight is 627 g/mol. The average Bonchev–Trinajstić information content (AvgIpc) is 3.15. The van der Waals surface area contributed by atoms with E-state index >= 15 is 0 Å². The van der Waals surface area contributed by atoms with E-state index in [1.165, 1.54) is 60.5 Å². The van der Waals surface area contributed by atoms with E-state index in [9.17, 15) is 0 Å². The van der Waals surface area contributed by atoms with Crippen LogP contribution >= 0.6 is 0 Å². The summed E-state index contributed by atoms with van der Waals surface area (Å²) in [7, 11) is 0. The molecule has 1 heterocycles. The van der Waals surface area contributed by atoms with Crippen LogP contribution in [0.15, 0.2) is 176 Å². The zero-order valence-corrected chi connectivity index (χ0v) is 27.1. The Morgan fingerprint density at radius 2 is 1.27 bits per heavy atom. The molecule has 1 fully saturated rings. The first-order valence-corrected chi connectivity index (χ1v) is 17.2. The van der Waals surface area contributed by atoms with Crippen LogP contribution in [-0.2, 0) is 0 Å². The zero-order chi connectivity index (χ0) is 32.4. The number of fused-ring (bicyclic) bond motifs is 1. The summed E-state index contributed by atoms with van der Waals surface area (Å²) in [5.74, 6) is 0. The standard InChI is InChI=1S/C47H34N2/c1-4-12-33(13-5-1)19-20-34-21-26-39(27-22-34)49-43-18-10-11-31-47(43)32-36-24-28-40-42(30-25-35-23-29-41(46(47)49)45(36)44(35)40)48(37-14-6-2-7-15-37)38-16-8-3-9-17-38/h1-9,11-32,46H,10H2. The summed E-state index contributed by atoms with van der Waals surface area (Å²) in [6, 6.07) is 55.3. The molecule has 0 radical (unpaired) electrons. The molecule has 7 aromatic rings. The van der Waals surface area contributed by atoms with Gasteiger partial charge < -0.3 is 9.80 Å². The van der Waals surface area contributed by atoms with Gasteiger partial charge in [0.1, 0.15) is 0 Å². The number of rotatable bonds is 6. The predicted octanol–water partition coefficient (Wildman–Crippen LogP) is 11.5. The molecular formula is C47H34N2. The molecule has 2 unspecified atom stereocenters. The van der Waals surface area contributed by atoms with E-state index in [4.69, 9.17) is 0 Å². The number of allylic oxidation sites excluding steroid dienone is 2. The molecule has 3 aliphatic rings. The summed E-state index contributed by atoms with van der Waals surface area (Å²) in [4.78, 5) is 4.98. The maximum atomic E-state index is 2.58. The highest BCUT2D eigenvalue weighted by Gasteiger charge is 2.57. The van der Waals surface area contributed by atoms with Crippen LogP contribution in [0, 0.1) is 5.41 Å². The van der Waals surface area contributed by atoms with Crippen molar-refractivity contribution in [2.45, 2.75) is 12.5 Å². The summed E-state index contributed by atoms with van der Waals surface area (Å²) in [5, 5.41) is 6.59. The van der Waals surface area contributed by atoms with E-state index in [1.807, 2.05) is 0 Å². The molecule has 10 rings (SSSR count). The Labute approximate surface area is 286 Å². The van der Waals surface area contributed by atoms with Gasteiger partial charge in [-0.05, 0) is 87.0 Å². The van der Waals surface area contributed by atoms with E-state index < -0.39 is 0 Å². The minimum absolute atomic E-state index is 0.139. The molecule has 0 saturated carbocycles. The summed E-state index contributed by atoms with van der Waals surface area (Å²) >= 11 is 0. The fourth-order valence-corrected chi connectivity index (χ4v) is 8.49. The van der Waals surface area contributed by atoms with Gasteiger partial charge in [-0.1, -0.05) is 146 Å². The Morgan fingerprint density at radius 1 is 0.612 bits per heavy atom. The first kappa shape index (κ1) is 27.9. The van der Waals surface area contributed by atoms with Gasteiger partial charge >= 0.3 is 0 Å². The monoisotopic (exact) mass is 626 g/mol.